The van der Waals surface area contributed by atoms with E-state index in [9.17, 15) is 47.4 Å². The second kappa shape index (κ2) is 8.93. The highest BCUT2D eigenvalue weighted by molar-refractivity contribution is 6.32. The van der Waals surface area contributed by atoms with E-state index in [0.29, 0.717) is 19.4 Å². The number of halogens is 3. The van der Waals surface area contributed by atoms with Crippen LogP contribution in [0.25, 0.3) is 0 Å². The van der Waals surface area contributed by atoms with Crippen molar-refractivity contribution in [2.75, 3.05) is 20.6 Å². The number of carbonyl (C=O) groups is 5. The number of phenolic OH excluding ortho intramolecular Hbond substituents is 1. The first-order valence-electron chi connectivity index (χ1n) is 12.7. The number of likely N-dealkylation sites (N-methyl/N-ethyl adjacent to an activating group) is 1. The summed E-state index contributed by atoms with van der Waals surface area (Å²) >= 11 is 0. The minimum absolute atomic E-state index is 0.195. The van der Waals surface area contributed by atoms with Crippen LogP contribution in [-0.4, -0.2) is 76.4 Å². The SMILES string of the molecule is CN(C)C1C(=O)C(C(N)=O)C(=O)C2(O)C(=O)C3C(=O)c4c(O)cc(C5CCCN5)c(C(F)(F)F)c4CC3CC12. The lowest BCUT2D eigenvalue weighted by atomic mass is 9.52. The van der Waals surface area contributed by atoms with Crippen molar-refractivity contribution in [3.8, 4) is 5.75 Å². The van der Waals surface area contributed by atoms with Gasteiger partial charge in [0, 0.05) is 12.0 Å². The molecule has 13 heteroatoms. The number of fused-ring (bicyclic) bond motifs is 3. The molecule has 1 saturated heterocycles. The summed E-state index contributed by atoms with van der Waals surface area (Å²) in [5.41, 5.74) is -0.0303. The van der Waals surface area contributed by atoms with E-state index in [1.807, 2.05) is 0 Å². The van der Waals surface area contributed by atoms with Gasteiger partial charge in [0.05, 0.1) is 23.1 Å². The highest BCUT2D eigenvalue weighted by Crippen LogP contribution is 2.53. The van der Waals surface area contributed by atoms with Crippen molar-refractivity contribution in [3.05, 3.63) is 28.3 Å². The van der Waals surface area contributed by atoms with Crippen molar-refractivity contribution in [1.82, 2.24) is 10.2 Å². The van der Waals surface area contributed by atoms with Crippen molar-refractivity contribution >= 4 is 29.0 Å². The number of phenols is 1. The molecule has 1 aliphatic heterocycles. The number of aromatic hydroxyl groups is 1. The second-order valence-corrected chi connectivity index (χ2v) is 11.1. The van der Waals surface area contributed by atoms with Gasteiger partial charge in [0.1, 0.15) is 5.75 Å². The van der Waals surface area contributed by atoms with E-state index in [1.54, 1.807) is 0 Å². The Morgan fingerprint density at radius 3 is 2.38 bits per heavy atom. The van der Waals surface area contributed by atoms with Gasteiger partial charge < -0.3 is 21.3 Å². The van der Waals surface area contributed by atoms with Gasteiger partial charge in [-0.15, -0.1) is 0 Å². The van der Waals surface area contributed by atoms with Crippen LogP contribution in [0.5, 0.6) is 5.75 Å². The Balaban J connectivity index is 1.68. The van der Waals surface area contributed by atoms with Gasteiger partial charge in [0.2, 0.25) is 5.91 Å². The zero-order valence-electron chi connectivity index (χ0n) is 21.2. The van der Waals surface area contributed by atoms with Crippen LogP contribution in [0.2, 0.25) is 0 Å². The van der Waals surface area contributed by atoms with Gasteiger partial charge in [0.15, 0.2) is 34.7 Å². The van der Waals surface area contributed by atoms with E-state index in [4.69, 9.17) is 5.73 Å². The summed E-state index contributed by atoms with van der Waals surface area (Å²) in [6.45, 7) is 0.485. The van der Waals surface area contributed by atoms with Gasteiger partial charge in [0.25, 0.3) is 0 Å². The van der Waals surface area contributed by atoms with Crippen LogP contribution < -0.4 is 11.1 Å². The molecule has 7 unspecified atom stereocenters. The minimum atomic E-state index is -4.89. The molecule has 3 fully saturated rings. The summed E-state index contributed by atoms with van der Waals surface area (Å²) in [6.07, 6.45) is -4.65. The summed E-state index contributed by atoms with van der Waals surface area (Å²) < 4.78 is 43.5. The topological polar surface area (TPSA) is 167 Å². The van der Waals surface area contributed by atoms with Crippen LogP contribution >= 0.6 is 0 Å². The number of hydrogen-bond donors (Lipinski definition) is 4. The van der Waals surface area contributed by atoms with E-state index in [2.05, 4.69) is 5.32 Å². The third-order valence-electron chi connectivity index (χ3n) is 8.81. The summed E-state index contributed by atoms with van der Waals surface area (Å²) in [6, 6.07) is -1.14. The number of primary amides is 1. The maximum Gasteiger partial charge on any atom is 0.417 e. The highest BCUT2D eigenvalue weighted by Gasteiger charge is 2.69. The lowest BCUT2D eigenvalue weighted by molar-refractivity contribution is -0.181. The van der Waals surface area contributed by atoms with E-state index in [-0.39, 0.29) is 12.0 Å². The number of hydrogen-bond acceptors (Lipinski definition) is 9. The maximum absolute atomic E-state index is 14.5. The number of aliphatic hydroxyl groups is 1. The van der Waals surface area contributed by atoms with Gasteiger partial charge in [-0.25, -0.2) is 0 Å². The van der Waals surface area contributed by atoms with Crippen molar-refractivity contribution in [3.63, 3.8) is 0 Å². The molecule has 39 heavy (non-hydrogen) atoms. The second-order valence-electron chi connectivity index (χ2n) is 11.1. The number of nitrogens with zero attached hydrogens (tertiary/aromatic N) is 1. The molecule has 210 valence electrons. The number of ketones is 4. The van der Waals surface area contributed by atoms with Crippen LogP contribution in [0.4, 0.5) is 13.2 Å². The number of nitrogens with one attached hydrogen (secondary N) is 1. The summed E-state index contributed by atoms with van der Waals surface area (Å²) in [5.74, 6) is -13.3. The monoisotopic (exact) mass is 551 g/mol. The third kappa shape index (κ3) is 3.77. The predicted octanol–water partition coefficient (Wildman–Crippen LogP) is 0.310. The molecule has 1 aromatic rings. The average molecular weight is 552 g/mol. The van der Waals surface area contributed by atoms with Crippen LogP contribution in [0.3, 0.4) is 0 Å². The van der Waals surface area contributed by atoms with Gasteiger partial charge in [-0.1, -0.05) is 0 Å². The van der Waals surface area contributed by atoms with Crippen LogP contribution in [0, 0.1) is 23.7 Å². The van der Waals surface area contributed by atoms with Gasteiger partial charge in [-0.3, -0.25) is 28.9 Å². The number of benzene rings is 1. The zero-order valence-corrected chi connectivity index (χ0v) is 21.2. The minimum Gasteiger partial charge on any atom is -0.507 e. The molecule has 10 nitrogen and oxygen atoms in total. The molecule has 5 N–H and O–H groups in total. The number of amides is 1. The van der Waals surface area contributed by atoms with E-state index in [1.165, 1.54) is 19.0 Å². The van der Waals surface area contributed by atoms with Crippen LogP contribution in [0.1, 0.15) is 52.4 Å². The highest BCUT2D eigenvalue weighted by atomic mass is 19.4. The summed E-state index contributed by atoms with van der Waals surface area (Å²) in [7, 11) is 2.85. The smallest absolute Gasteiger partial charge is 0.417 e. The van der Waals surface area contributed by atoms with Crippen molar-refractivity contribution in [1.29, 1.82) is 0 Å². The van der Waals surface area contributed by atoms with Crippen molar-refractivity contribution in [2.24, 2.45) is 29.4 Å². The fraction of sp³-hybridized carbons (Fsp3) is 0.577. The largest absolute Gasteiger partial charge is 0.507 e. The normalized spacial score (nSPS) is 34.6. The molecule has 0 radical (unpaired) electrons. The van der Waals surface area contributed by atoms with E-state index in [0.717, 1.165) is 6.07 Å². The Labute approximate surface area is 220 Å². The lowest BCUT2D eigenvalue weighted by Crippen LogP contribution is -2.74. The number of nitrogens with two attached hydrogens (primary N) is 1. The summed E-state index contributed by atoms with van der Waals surface area (Å²) in [5, 5.41) is 25.3. The molecule has 1 heterocycles. The average Bonchev–Trinajstić information content (AvgIpc) is 3.34. The number of carbonyl (C=O) groups excluding carboxylic acids is 5. The van der Waals surface area contributed by atoms with E-state index >= 15 is 0 Å². The van der Waals surface area contributed by atoms with Gasteiger partial charge in [-0.05, 0) is 69.4 Å². The Morgan fingerprint density at radius 2 is 1.85 bits per heavy atom. The fourth-order valence-corrected chi connectivity index (χ4v) is 7.27. The standard InChI is InChI=1S/C26H28F3N3O7/c1-32(2)19-12-7-9-6-11-16(14(33)8-10(13-4-3-5-31-13)18(11)26(27,28)29)20(34)15(9)22(36)25(12,39)23(37)17(21(19)35)24(30)38/h8-9,12-13,15,17,19,31,33,39H,3-7H2,1-2H3,(H2,30,38). The molecule has 1 amide bonds. The third-order valence-corrected chi connectivity index (χ3v) is 8.81. The van der Waals surface area contributed by atoms with Gasteiger partial charge in [-0.2, -0.15) is 13.2 Å². The molecule has 2 saturated carbocycles. The molecule has 3 aliphatic carbocycles. The van der Waals surface area contributed by atoms with Crippen LogP contribution in [-0.2, 0) is 31.8 Å². The fourth-order valence-electron chi connectivity index (χ4n) is 7.27. The molecular formula is C26H28F3N3O7. The zero-order chi connectivity index (χ0) is 28.8. The molecule has 4 aliphatic rings. The van der Waals surface area contributed by atoms with Crippen molar-refractivity contribution in [2.45, 2.75) is 49.5 Å². The summed E-state index contributed by atoms with van der Waals surface area (Å²) in [4.78, 5) is 67.1. The first kappa shape index (κ1) is 27.4. The molecule has 1 aromatic carbocycles. The molecule has 0 aromatic heterocycles. The Hall–Kier alpha value is -3.16. The Bertz CT molecular complexity index is 1320. The maximum atomic E-state index is 14.5. The molecule has 5 rings (SSSR count). The van der Waals surface area contributed by atoms with Crippen molar-refractivity contribution < 1.29 is 47.4 Å². The first-order chi connectivity index (χ1) is 18.1. The number of Topliss-reactive ketones (excluding diaryl/α,β-unsaturated/α-hetero) is 4. The predicted molar refractivity (Wildman–Crippen MR) is 126 cm³/mol. The van der Waals surface area contributed by atoms with E-state index < -0.39 is 105 Å². The Morgan fingerprint density at radius 1 is 1.18 bits per heavy atom. The number of rotatable bonds is 3. The quantitative estimate of drug-likeness (QED) is 0.387. The van der Waals surface area contributed by atoms with Gasteiger partial charge >= 0.3 is 6.18 Å². The molecule has 7 atom stereocenters. The first-order valence-corrected chi connectivity index (χ1v) is 12.7. The molecule has 0 spiro atoms. The molecule has 0 bridgehead atoms. The lowest BCUT2D eigenvalue weighted by Gasteiger charge is -2.52. The number of alkyl halides is 3. The van der Waals surface area contributed by atoms with Crippen LogP contribution in [0.15, 0.2) is 6.07 Å². The molecular weight excluding hydrogens is 523 g/mol. The Kier molecular flexibility index (Phi) is 6.28.